The highest BCUT2D eigenvalue weighted by Gasteiger charge is 2.02. The largest absolute Gasteiger partial charge is 0.403 e. The third-order valence-electron chi connectivity index (χ3n) is 1.67. The zero-order valence-electron chi connectivity index (χ0n) is 8.19. The van der Waals surface area contributed by atoms with Crippen LogP contribution in [0.25, 0.3) is 0 Å². The lowest BCUT2D eigenvalue weighted by molar-refractivity contribution is -0.105. The van der Waals surface area contributed by atoms with Crippen LogP contribution in [0.4, 0.5) is 0 Å². The molecule has 0 aliphatic rings. The number of carbonyl (C=O) groups is 1. The summed E-state index contributed by atoms with van der Waals surface area (Å²) in [6.07, 6.45) is 5.39. The number of allylic oxidation sites excluding steroid dienone is 3. The van der Waals surface area contributed by atoms with Crippen molar-refractivity contribution in [3.8, 4) is 0 Å². The van der Waals surface area contributed by atoms with E-state index in [4.69, 9.17) is 5.73 Å². The summed E-state index contributed by atoms with van der Waals surface area (Å²) >= 11 is 0. The van der Waals surface area contributed by atoms with E-state index in [1.807, 2.05) is 6.92 Å². The number of nitrogens with zero attached hydrogens (tertiary/aromatic N) is 2. The highest BCUT2D eigenvalue weighted by atomic mass is 16.1. The molecule has 0 aliphatic carbocycles. The first-order valence-corrected chi connectivity index (χ1v) is 3.87. The van der Waals surface area contributed by atoms with Crippen molar-refractivity contribution in [3.63, 3.8) is 0 Å². The van der Waals surface area contributed by atoms with E-state index in [-0.39, 0.29) is 0 Å². The Kier molecular flexibility index (Phi) is 5.27. The van der Waals surface area contributed by atoms with Crippen molar-refractivity contribution < 1.29 is 4.79 Å². The van der Waals surface area contributed by atoms with Gasteiger partial charge in [-0.15, -0.1) is 0 Å². The third kappa shape index (κ3) is 3.55. The molecule has 0 aromatic carbocycles. The molecule has 0 bridgehead atoms. The normalized spacial score (nSPS) is 13.5. The molecule has 0 rings (SSSR count). The Morgan fingerprint density at radius 1 is 1.54 bits per heavy atom. The maximum Gasteiger partial charge on any atom is 0.166 e. The fraction of sp³-hybridized carbons (Fsp3) is 0.333. The van der Waals surface area contributed by atoms with Gasteiger partial charge in [-0.25, -0.2) is 0 Å². The van der Waals surface area contributed by atoms with Crippen molar-refractivity contribution in [1.29, 1.82) is 0 Å². The fourth-order valence-electron chi connectivity index (χ4n) is 0.696. The van der Waals surface area contributed by atoms with E-state index in [1.54, 1.807) is 31.3 Å². The standard InChI is InChI=1S/C9H15N3O/c1-8(6-10)12(3)9(7-13)4-5-11-2/h4-7H,10H2,1-3H3/b8-6+,9-4-,11-5+. The van der Waals surface area contributed by atoms with E-state index in [9.17, 15) is 4.79 Å². The summed E-state index contributed by atoms with van der Waals surface area (Å²) in [7, 11) is 3.41. The Balaban J connectivity index is 4.68. The lowest BCUT2D eigenvalue weighted by atomic mass is 10.3. The first-order valence-electron chi connectivity index (χ1n) is 3.87. The van der Waals surface area contributed by atoms with Gasteiger partial charge < -0.3 is 10.6 Å². The Morgan fingerprint density at radius 2 is 2.15 bits per heavy atom. The molecule has 4 heteroatoms. The SMILES string of the molecule is C/N=C/C=C(/C=O)N(C)/C(C)=C/N. The minimum atomic E-state index is 0.518. The highest BCUT2D eigenvalue weighted by Crippen LogP contribution is 2.05. The van der Waals surface area contributed by atoms with E-state index >= 15 is 0 Å². The quantitative estimate of drug-likeness (QED) is 0.391. The van der Waals surface area contributed by atoms with Crippen LogP contribution in [-0.4, -0.2) is 31.5 Å². The summed E-state index contributed by atoms with van der Waals surface area (Å²) in [6.45, 7) is 1.82. The van der Waals surface area contributed by atoms with Crippen molar-refractivity contribution in [2.75, 3.05) is 14.1 Å². The van der Waals surface area contributed by atoms with Crippen molar-refractivity contribution in [3.05, 3.63) is 23.7 Å². The van der Waals surface area contributed by atoms with Crippen LogP contribution in [0.15, 0.2) is 28.7 Å². The molecule has 0 radical (unpaired) electrons. The first kappa shape index (κ1) is 11.4. The second kappa shape index (κ2) is 5.99. The van der Waals surface area contributed by atoms with Crippen molar-refractivity contribution in [2.24, 2.45) is 10.7 Å². The molecule has 0 aromatic rings. The van der Waals surface area contributed by atoms with E-state index in [2.05, 4.69) is 4.99 Å². The minimum absolute atomic E-state index is 0.518. The molecule has 13 heavy (non-hydrogen) atoms. The number of hydrogen-bond acceptors (Lipinski definition) is 4. The zero-order chi connectivity index (χ0) is 10.3. The molecule has 0 spiro atoms. The Bertz CT molecular complexity index is 254. The van der Waals surface area contributed by atoms with Crippen molar-refractivity contribution in [2.45, 2.75) is 6.92 Å². The molecule has 0 fully saturated rings. The van der Waals surface area contributed by atoms with Gasteiger partial charge in [0.2, 0.25) is 0 Å². The lowest BCUT2D eigenvalue weighted by Gasteiger charge is -2.18. The number of hydrogen-bond donors (Lipinski definition) is 1. The molecule has 2 N–H and O–H groups in total. The van der Waals surface area contributed by atoms with Gasteiger partial charge in [0.15, 0.2) is 6.29 Å². The average Bonchev–Trinajstić information content (AvgIpc) is 2.17. The van der Waals surface area contributed by atoms with Crippen molar-refractivity contribution in [1.82, 2.24) is 4.90 Å². The van der Waals surface area contributed by atoms with E-state index in [0.29, 0.717) is 5.70 Å². The van der Waals surface area contributed by atoms with Gasteiger partial charge in [-0.05, 0) is 13.0 Å². The molecule has 0 amide bonds. The number of aldehydes is 1. The minimum Gasteiger partial charge on any atom is -0.403 e. The molecule has 72 valence electrons. The Morgan fingerprint density at radius 3 is 2.54 bits per heavy atom. The predicted molar refractivity (Wildman–Crippen MR) is 54.3 cm³/mol. The Labute approximate surface area is 78.4 Å². The van der Waals surface area contributed by atoms with Gasteiger partial charge in [-0.1, -0.05) is 0 Å². The van der Waals surface area contributed by atoms with Gasteiger partial charge in [-0.3, -0.25) is 9.79 Å². The summed E-state index contributed by atoms with van der Waals surface area (Å²) in [5.74, 6) is 0. The van der Waals surface area contributed by atoms with Gasteiger partial charge in [0.1, 0.15) is 0 Å². The van der Waals surface area contributed by atoms with E-state index < -0.39 is 0 Å². The molecule has 0 unspecified atom stereocenters. The van der Waals surface area contributed by atoms with Crippen LogP contribution in [0.2, 0.25) is 0 Å². The molecule has 0 atom stereocenters. The van der Waals surface area contributed by atoms with Crippen LogP contribution in [-0.2, 0) is 4.79 Å². The number of carbonyl (C=O) groups excluding carboxylic acids is 1. The lowest BCUT2D eigenvalue weighted by Crippen LogP contribution is -2.17. The molecule has 0 saturated heterocycles. The summed E-state index contributed by atoms with van der Waals surface area (Å²) < 4.78 is 0. The monoisotopic (exact) mass is 181 g/mol. The third-order valence-corrected chi connectivity index (χ3v) is 1.67. The van der Waals surface area contributed by atoms with Gasteiger partial charge in [0.05, 0.1) is 5.70 Å². The zero-order valence-corrected chi connectivity index (χ0v) is 8.19. The predicted octanol–water partition coefficient (Wildman–Crippen LogP) is 0.522. The second-order valence-corrected chi connectivity index (χ2v) is 2.48. The van der Waals surface area contributed by atoms with Crippen LogP contribution in [0.5, 0.6) is 0 Å². The number of likely N-dealkylation sites (N-methyl/N-ethyl adjacent to an activating group) is 1. The summed E-state index contributed by atoms with van der Waals surface area (Å²) in [5, 5.41) is 0. The maximum atomic E-state index is 10.6. The summed E-state index contributed by atoms with van der Waals surface area (Å²) in [5.41, 5.74) is 6.64. The average molecular weight is 181 g/mol. The Hall–Kier alpha value is -1.58. The van der Waals surface area contributed by atoms with Crippen LogP contribution in [0.1, 0.15) is 6.92 Å². The van der Waals surface area contributed by atoms with Gasteiger partial charge >= 0.3 is 0 Å². The topological polar surface area (TPSA) is 58.7 Å². The number of nitrogens with two attached hydrogens (primary N) is 1. The molecule has 0 aromatic heterocycles. The molecule has 0 aliphatic heterocycles. The van der Waals surface area contributed by atoms with Crippen LogP contribution >= 0.6 is 0 Å². The molecular weight excluding hydrogens is 166 g/mol. The van der Waals surface area contributed by atoms with Crippen LogP contribution < -0.4 is 5.73 Å². The molecule has 0 heterocycles. The number of rotatable bonds is 4. The van der Waals surface area contributed by atoms with Crippen LogP contribution in [0.3, 0.4) is 0 Å². The second-order valence-electron chi connectivity index (χ2n) is 2.48. The van der Waals surface area contributed by atoms with Gasteiger partial charge in [0.25, 0.3) is 0 Å². The molecular formula is C9H15N3O. The van der Waals surface area contributed by atoms with Gasteiger partial charge in [-0.2, -0.15) is 0 Å². The number of aliphatic imine (C=N–C) groups is 1. The summed E-state index contributed by atoms with van der Waals surface area (Å²) in [4.78, 5) is 16.1. The molecule has 4 nitrogen and oxygen atoms in total. The maximum absolute atomic E-state index is 10.6. The van der Waals surface area contributed by atoms with E-state index in [1.165, 1.54) is 6.20 Å². The smallest absolute Gasteiger partial charge is 0.166 e. The van der Waals surface area contributed by atoms with Gasteiger partial charge in [0, 0.05) is 32.2 Å². The van der Waals surface area contributed by atoms with Crippen LogP contribution in [0, 0.1) is 0 Å². The first-order chi connectivity index (χ1) is 6.17. The highest BCUT2D eigenvalue weighted by molar-refractivity contribution is 5.83. The van der Waals surface area contributed by atoms with Crippen molar-refractivity contribution >= 4 is 12.5 Å². The summed E-state index contributed by atoms with van der Waals surface area (Å²) in [6, 6.07) is 0. The van der Waals surface area contributed by atoms with E-state index in [0.717, 1.165) is 12.0 Å². The fourth-order valence-corrected chi connectivity index (χ4v) is 0.696. The molecule has 0 saturated carbocycles.